The molecule has 1 aliphatic rings. The van der Waals surface area contributed by atoms with Crippen molar-refractivity contribution in [2.24, 2.45) is 10.4 Å². The van der Waals surface area contributed by atoms with Crippen LogP contribution in [0.1, 0.15) is 31.4 Å². The number of aliphatic imine (C=N–C) groups is 1. The molecule has 0 spiro atoms. The molecule has 3 N–H and O–H groups in total. The van der Waals surface area contributed by atoms with Gasteiger partial charge in [0.2, 0.25) is 0 Å². The number of hydrogen-bond donors (Lipinski definition) is 3. The van der Waals surface area contributed by atoms with Gasteiger partial charge < -0.3 is 34.9 Å². The Labute approximate surface area is 180 Å². The SMILES string of the molecule is CCNC(=NCC1(CCO)CCOC1)NCC(c1ccc(OC)c(OC)c1)N(C)C. The van der Waals surface area contributed by atoms with Crippen molar-refractivity contribution < 1.29 is 19.3 Å². The van der Waals surface area contributed by atoms with Crippen molar-refractivity contribution >= 4 is 5.96 Å². The number of hydrogen-bond acceptors (Lipinski definition) is 6. The molecule has 1 aromatic carbocycles. The molecule has 2 rings (SSSR count). The van der Waals surface area contributed by atoms with Crippen LogP contribution in [0.25, 0.3) is 0 Å². The fraction of sp³-hybridized carbons (Fsp3) is 0.682. The number of benzene rings is 1. The minimum atomic E-state index is -0.0681. The molecule has 1 aromatic rings. The van der Waals surface area contributed by atoms with E-state index in [1.54, 1.807) is 14.2 Å². The highest BCUT2D eigenvalue weighted by Crippen LogP contribution is 2.33. The first-order chi connectivity index (χ1) is 14.5. The molecule has 30 heavy (non-hydrogen) atoms. The molecule has 2 atom stereocenters. The van der Waals surface area contributed by atoms with Crippen LogP contribution in [0.5, 0.6) is 11.5 Å². The van der Waals surface area contributed by atoms with Gasteiger partial charge >= 0.3 is 0 Å². The lowest BCUT2D eigenvalue weighted by Gasteiger charge is -2.28. The van der Waals surface area contributed by atoms with Crippen LogP contribution in [0, 0.1) is 5.41 Å². The highest BCUT2D eigenvalue weighted by molar-refractivity contribution is 5.79. The number of nitrogens with zero attached hydrogens (tertiary/aromatic N) is 2. The number of methoxy groups -OCH3 is 2. The normalized spacial score (nSPS) is 20.3. The van der Waals surface area contributed by atoms with Gasteiger partial charge in [0.25, 0.3) is 0 Å². The largest absolute Gasteiger partial charge is 0.493 e. The van der Waals surface area contributed by atoms with Crippen molar-refractivity contribution in [1.29, 1.82) is 0 Å². The highest BCUT2D eigenvalue weighted by Gasteiger charge is 2.34. The van der Waals surface area contributed by atoms with Gasteiger partial charge in [0.05, 0.1) is 33.4 Å². The van der Waals surface area contributed by atoms with Gasteiger partial charge in [0.1, 0.15) is 0 Å². The molecule has 170 valence electrons. The molecule has 0 aromatic heterocycles. The van der Waals surface area contributed by atoms with Crippen LogP contribution in [-0.4, -0.2) is 83.7 Å². The van der Waals surface area contributed by atoms with Gasteiger partial charge in [-0.1, -0.05) is 6.07 Å². The quantitative estimate of drug-likeness (QED) is 0.369. The van der Waals surface area contributed by atoms with E-state index in [0.717, 1.165) is 42.6 Å². The molecule has 8 heteroatoms. The zero-order valence-electron chi connectivity index (χ0n) is 19.0. The Morgan fingerprint density at radius 1 is 1.27 bits per heavy atom. The van der Waals surface area contributed by atoms with E-state index in [0.29, 0.717) is 26.1 Å². The topological polar surface area (TPSA) is 87.6 Å². The van der Waals surface area contributed by atoms with Gasteiger partial charge in [-0.3, -0.25) is 4.99 Å². The maximum absolute atomic E-state index is 9.44. The number of ether oxygens (including phenoxy) is 3. The second-order valence-electron chi connectivity index (χ2n) is 7.95. The number of rotatable bonds is 11. The highest BCUT2D eigenvalue weighted by atomic mass is 16.5. The minimum Gasteiger partial charge on any atom is -0.493 e. The number of aliphatic hydroxyl groups is 1. The molecule has 0 amide bonds. The minimum absolute atomic E-state index is 0.0681. The second kappa shape index (κ2) is 12.0. The zero-order chi connectivity index (χ0) is 22.0. The van der Waals surface area contributed by atoms with Crippen molar-refractivity contribution in [3.8, 4) is 11.5 Å². The summed E-state index contributed by atoms with van der Waals surface area (Å²) in [6, 6.07) is 6.13. The summed E-state index contributed by atoms with van der Waals surface area (Å²) in [6.45, 7) is 5.69. The third kappa shape index (κ3) is 6.48. The Bertz CT molecular complexity index is 675. The van der Waals surface area contributed by atoms with Gasteiger partial charge in [-0.2, -0.15) is 0 Å². The average molecular weight is 423 g/mol. The molecule has 1 fully saturated rings. The first kappa shape index (κ1) is 24.2. The summed E-state index contributed by atoms with van der Waals surface area (Å²) in [7, 11) is 7.40. The smallest absolute Gasteiger partial charge is 0.191 e. The second-order valence-corrected chi connectivity index (χ2v) is 7.95. The van der Waals surface area contributed by atoms with Gasteiger partial charge in [0, 0.05) is 31.7 Å². The van der Waals surface area contributed by atoms with E-state index in [4.69, 9.17) is 19.2 Å². The number of guanidine groups is 1. The van der Waals surface area contributed by atoms with Crippen molar-refractivity contribution in [2.75, 3.05) is 67.8 Å². The summed E-state index contributed by atoms with van der Waals surface area (Å²) in [5, 5.41) is 16.2. The van der Waals surface area contributed by atoms with E-state index in [9.17, 15) is 5.11 Å². The lowest BCUT2D eigenvalue weighted by Crippen LogP contribution is -2.42. The van der Waals surface area contributed by atoms with Gasteiger partial charge in [-0.25, -0.2) is 0 Å². The zero-order valence-corrected chi connectivity index (χ0v) is 19.0. The first-order valence-electron chi connectivity index (χ1n) is 10.6. The Hall–Kier alpha value is -2.03. The van der Waals surface area contributed by atoms with E-state index < -0.39 is 0 Å². The summed E-state index contributed by atoms with van der Waals surface area (Å²) in [5.74, 6) is 2.21. The fourth-order valence-electron chi connectivity index (χ4n) is 3.73. The van der Waals surface area contributed by atoms with Crippen LogP contribution >= 0.6 is 0 Å². The van der Waals surface area contributed by atoms with Crippen LogP contribution in [0.4, 0.5) is 0 Å². The first-order valence-corrected chi connectivity index (χ1v) is 10.6. The van der Waals surface area contributed by atoms with Crippen molar-refractivity contribution in [3.63, 3.8) is 0 Å². The van der Waals surface area contributed by atoms with Crippen LogP contribution in [0.15, 0.2) is 23.2 Å². The molecule has 1 heterocycles. The molecule has 0 radical (unpaired) electrons. The third-order valence-electron chi connectivity index (χ3n) is 5.62. The summed E-state index contributed by atoms with van der Waals surface area (Å²) in [6.07, 6.45) is 1.64. The molecule has 0 saturated carbocycles. The molecule has 1 saturated heterocycles. The molecule has 8 nitrogen and oxygen atoms in total. The number of aliphatic hydroxyl groups excluding tert-OH is 1. The van der Waals surface area contributed by atoms with Crippen LogP contribution in [0.2, 0.25) is 0 Å². The van der Waals surface area contributed by atoms with Gasteiger partial charge in [0.15, 0.2) is 17.5 Å². The molecule has 2 unspecified atom stereocenters. The molecule has 1 aliphatic heterocycles. The predicted molar refractivity (Wildman–Crippen MR) is 120 cm³/mol. The summed E-state index contributed by atoms with van der Waals surface area (Å²) in [4.78, 5) is 6.98. The average Bonchev–Trinajstić information content (AvgIpc) is 3.20. The fourth-order valence-corrected chi connectivity index (χ4v) is 3.73. The molecule has 0 bridgehead atoms. The Morgan fingerprint density at radius 3 is 2.60 bits per heavy atom. The van der Waals surface area contributed by atoms with E-state index in [1.807, 2.05) is 12.1 Å². The van der Waals surface area contributed by atoms with Crippen molar-refractivity contribution in [3.05, 3.63) is 23.8 Å². The standard InChI is InChI=1S/C22H38N4O4/c1-6-23-21(25-15-22(9-11-27)10-12-30-16-22)24-14-18(26(2)3)17-7-8-19(28-4)20(13-17)29-5/h7-8,13,18,27H,6,9-12,14-16H2,1-5H3,(H2,23,24,25). The van der Waals surface area contributed by atoms with Crippen LogP contribution in [0.3, 0.4) is 0 Å². The summed E-state index contributed by atoms with van der Waals surface area (Å²) in [5.41, 5.74) is 1.06. The van der Waals surface area contributed by atoms with Crippen molar-refractivity contribution in [2.45, 2.75) is 25.8 Å². The van der Waals surface area contributed by atoms with Gasteiger partial charge in [-0.15, -0.1) is 0 Å². The molecular formula is C22H38N4O4. The van der Waals surface area contributed by atoms with Crippen molar-refractivity contribution in [1.82, 2.24) is 15.5 Å². The lowest BCUT2D eigenvalue weighted by atomic mass is 9.84. The third-order valence-corrected chi connectivity index (χ3v) is 5.62. The van der Waals surface area contributed by atoms with E-state index in [-0.39, 0.29) is 18.1 Å². The van der Waals surface area contributed by atoms with E-state index >= 15 is 0 Å². The Balaban J connectivity index is 2.11. The predicted octanol–water partition coefficient (Wildman–Crippen LogP) is 1.65. The summed E-state index contributed by atoms with van der Waals surface area (Å²) < 4.78 is 16.4. The lowest BCUT2D eigenvalue weighted by molar-refractivity contribution is 0.131. The van der Waals surface area contributed by atoms with Crippen LogP contribution < -0.4 is 20.1 Å². The van der Waals surface area contributed by atoms with Crippen LogP contribution in [-0.2, 0) is 4.74 Å². The maximum atomic E-state index is 9.44. The van der Waals surface area contributed by atoms with E-state index in [1.165, 1.54) is 0 Å². The molecule has 0 aliphatic carbocycles. The Kier molecular flexibility index (Phi) is 9.68. The molecular weight excluding hydrogens is 384 g/mol. The maximum Gasteiger partial charge on any atom is 0.191 e. The van der Waals surface area contributed by atoms with E-state index in [2.05, 4.69) is 42.6 Å². The summed E-state index contributed by atoms with van der Waals surface area (Å²) >= 11 is 0. The van der Waals surface area contributed by atoms with Gasteiger partial charge in [-0.05, 0) is 51.6 Å². The number of likely N-dealkylation sites (N-methyl/N-ethyl adjacent to an activating group) is 1. The number of nitrogens with one attached hydrogen (secondary N) is 2. The monoisotopic (exact) mass is 422 g/mol. The Morgan fingerprint density at radius 2 is 2.03 bits per heavy atom.